The number of nitrogens with zero attached hydrogens (tertiary/aromatic N) is 2. The molecule has 1 aromatic heterocycles. The lowest BCUT2D eigenvalue weighted by atomic mass is 9.93. The maximum absolute atomic E-state index is 12.7. The van der Waals surface area contributed by atoms with E-state index >= 15 is 0 Å². The Hall–Kier alpha value is -4.42. The Morgan fingerprint density at radius 3 is 2.74 bits per heavy atom. The fraction of sp³-hybridized carbons (Fsp3) is 0.154. The highest BCUT2D eigenvalue weighted by Gasteiger charge is 2.24. The van der Waals surface area contributed by atoms with E-state index in [0.717, 1.165) is 22.3 Å². The number of fused-ring (bicyclic) bond motifs is 2. The normalized spacial score (nSPS) is 14.3. The minimum absolute atomic E-state index is 0.296. The van der Waals surface area contributed by atoms with Crippen LogP contribution in [0.1, 0.15) is 33.8 Å². The molecule has 0 radical (unpaired) electrons. The number of nitriles is 1. The van der Waals surface area contributed by atoms with E-state index in [-0.39, 0.29) is 11.8 Å². The fourth-order valence-corrected chi connectivity index (χ4v) is 4.70. The number of rotatable bonds is 6. The third-order valence-electron chi connectivity index (χ3n) is 5.64. The van der Waals surface area contributed by atoms with Crippen LogP contribution in [0.25, 0.3) is 10.2 Å². The topological polar surface area (TPSA) is 111 Å². The first kappa shape index (κ1) is 22.4. The van der Waals surface area contributed by atoms with E-state index in [9.17, 15) is 14.9 Å². The van der Waals surface area contributed by atoms with Crippen LogP contribution < -0.4 is 19.5 Å². The summed E-state index contributed by atoms with van der Waals surface area (Å²) in [4.78, 5) is 28.5. The van der Waals surface area contributed by atoms with Gasteiger partial charge in [-0.2, -0.15) is 5.26 Å². The van der Waals surface area contributed by atoms with E-state index in [2.05, 4.69) is 16.4 Å². The Bertz CT molecular complexity index is 1470. The second kappa shape index (κ2) is 9.44. The highest BCUT2D eigenvalue weighted by Crippen LogP contribution is 2.39. The summed E-state index contributed by atoms with van der Waals surface area (Å²) in [6.45, 7) is 0.424. The van der Waals surface area contributed by atoms with E-state index in [1.807, 2.05) is 18.2 Å². The molecule has 1 aliphatic heterocycles. The van der Waals surface area contributed by atoms with Crippen molar-refractivity contribution >= 4 is 38.9 Å². The maximum atomic E-state index is 12.7. The van der Waals surface area contributed by atoms with Crippen LogP contribution in [0.4, 0.5) is 5.13 Å². The first-order valence-electron chi connectivity index (χ1n) is 10.8. The van der Waals surface area contributed by atoms with Gasteiger partial charge in [0.2, 0.25) is 0 Å². The summed E-state index contributed by atoms with van der Waals surface area (Å²) in [7, 11) is 1.60. The number of benzene rings is 3. The summed E-state index contributed by atoms with van der Waals surface area (Å²) in [6.07, 6.45) is 1.45. The van der Waals surface area contributed by atoms with Crippen molar-refractivity contribution in [3.05, 3.63) is 71.3 Å². The summed E-state index contributed by atoms with van der Waals surface area (Å²) in [5.74, 6) is 1.43. The summed E-state index contributed by atoms with van der Waals surface area (Å²) < 4.78 is 17.7. The number of methoxy groups -OCH3 is 1. The molecule has 0 saturated carbocycles. The first-order chi connectivity index (χ1) is 17.1. The monoisotopic (exact) mass is 485 g/mol. The highest BCUT2D eigenvalue weighted by molar-refractivity contribution is 7.22. The fourth-order valence-electron chi connectivity index (χ4n) is 3.81. The smallest absolute Gasteiger partial charge is 0.257 e. The zero-order valence-corrected chi connectivity index (χ0v) is 19.4. The van der Waals surface area contributed by atoms with E-state index in [4.69, 9.17) is 14.2 Å². The van der Waals surface area contributed by atoms with E-state index in [0.29, 0.717) is 52.1 Å². The largest absolute Gasteiger partial charge is 0.497 e. The molecule has 0 aliphatic carbocycles. The average Bonchev–Trinajstić information content (AvgIpc) is 3.29. The van der Waals surface area contributed by atoms with Crippen LogP contribution in [-0.2, 0) is 4.79 Å². The van der Waals surface area contributed by atoms with Gasteiger partial charge in [0.15, 0.2) is 5.13 Å². The number of amides is 1. The third kappa shape index (κ3) is 4.52. The molecular formula is C26H19N3O5S. The Kier molecular flexibility index (Phi) is 6.04. The second-order valence-electron chi connectivity index (χ2n) is 7.81. The van der Waals surface area contributed by atoms with Gasteiger partial charge in [0.1, 0.15) is 35.4 Å². The molecule has 3 aromatic carbocycles. The lowest BCUT2D eigenvalue weighted by Crippen LogP contribution is -2.15. The molecule has 1 atom stereocenters. The number of aldehydes is 1. The quantitative estimate of drug-likeness (QED) is 0.370. The minimum Gasteiger partial charge on any atom is -0.497 e. The van der Waals surface area contributed by atoms with Gasteiger partial charge >= 0.3 is 0 Å². The number of carbonyl (C=O) groups excluding carboxylic acids is 2. The predicted octanol–water partition coefficient (Wildman–Crippen LogP) is 5.29. The molecule has 0 saturated heterocycles. The maximum Gasteiger partial charge on any atom is 0.257 e. The number of ether oxygens (including phenoxy) is 3. The van der Waals surface area contributed by atoms with Crippen molar-refractivity contribution in [1.29, 1.82) is 5.26 Å². The standard InChI is InChI=1S/C26H19N3O5S/c1-32-19-6-7-21-24(11-19)35-26(28-21)29-25(31)15-2-4-18(5-3-15)34-22-12-23-20(10-17(22)13-27)16(14-30)8-9-33-23/h2-7,10-12,14,16H,8-9H2,1H3,(H,28,29,31). The van der Waals surface area contributed by atoms with Crippen molar-refractivity contribution in [2.45, 2.75) is 12.3 Å². The number of hydrogen-bond acceptors (Lipinski definition) is 8. The lowest BCUT2D eigenvalue weighted by molar-refractivity contribution is -0.109. The lowest BCUT2D eigenvalue weighted by Gasteiger charge is -2.23. The molecule has 35 heavy (non-hydrogen) atoms. The van der Waals surface area contributed by atoms with Crippen LogP contribution in [-0.4, -0.2) is 30.9 Å². The zero-order chi connectivity index (χ0) is 24.4. The van der Waals surface area contributed by atoms with Gasteiger partial charge in [0.25, 0.3) is 5.91 Å². The van der Waals surface area contributed by atoms with Gasteiger partial charge in [0.05, 0.1) is 29.5 Å². The van der Waals surface area contributed by atoms with Crippen LogP contribution in [0.15, 0.2) is 54.6 Å². The summed E-state index contributed by atoms with van der Waals surface area (Å²) >= 11 is 1.36. The van der Waals surface area contributed by atoms with Crippen molar-refractivity contribution in [2.24, 2.45) is 0 Å². The molecule has 5 rings (SSSR count). The Morgan fingerprint density at radius 2 is 2.00 bits per heavy atom. The Labute approximate surface area is 204 Å². The third-order valence-corrected chi connectivity index (χ3v) is 6.58. The van der Waals surface area contributed by atoms with Gasteiger partial charge in [0, 0.05) is 23.1 Å². The molecule has 8 nitrogen and oxygen atoms in total. The molecule has 9 heteroatoms. The van der Waals surface area contributed by atoms with Gasteiger partial charge in [-0.05, 0) is 55.0 Å². The number of aromatic nitrogens is 1. The molecule has 2 heterocycles. The first-order valence-corrected chi connectivity index (χ1v) is 11.6. The van der Waals surface area contributed by atoms with Crippen molar-refractivity contribution < 1.29 is 23.8 Å². The van der Waals surface area contributed by atoms with Crippen molar-refractivity contribution in [1.82, 2.24) is 4.98 Å². The molecule has 0 spiro atoms. The van der Waals surface area contributed by atoms with Crippen LogP contribution in [0.2, 0.25) is 0 Å². The molecule has 4 aromatic rings. The minimum atomic E-state index is -0.303. The van der Waals surface area contributed by atoms with Gasteiger partial charge in [-0.3, -0.25) is 10.1 Å². The molecule has 1 amide bonds. The van der Waals surface area contributed by atoms with Gasteiger partial charge in [-0.25, -0.2) is 4.98 Å². The SMILES string of the molecule is COc1ccc2nc(NC(=O)c3ccc(Oc4cc5c(cc4C#N)C(C=O)CCO5)cc3)sc2c1. The highest BCUT2D eigenvalue weighted by atomic mass is 32.1. The van der Waals surface area contributed by atoms with Gasteiger partial charge in [-0.15, -0.1) is 0 Å². The molecular weight excluding hydrogens is 466 g/mol. The van der Waals surface area contributed by atoms with Gasteiger partial charge in [-0.1, -0.05) is 11.3 Å². The second-order valence-corrected chi connectivity index (χ2v) is 8.84. The predicted molar refractivity (Wildman–Crippen MR) is 131 cm³/mol. The number of hydrogen-bond donors (Lipinski definition) is 1. The van der Waals surface area contributed by atoms with Crippen LogP contribution in [0, 0.1) is 11.3 Å². The van der Waals surface area contributed by atoms with Crippen LogP contribution in [0.5, 0.6) is 23.0 Å². The summed E-state index contributed by atoms with van der Waals surface area (Å²) in [5, 5.41) is 12.9. The Balaban J connectivity index is 1.31. The van der Waals surface area contributed by atoms with Crippen LogP contribution >= 0.6 is 11.3 Å². The molecule has 0 fully saturated rings. The Morgan fingerprint density at radius 1 is 1.20 bits per heavy atom. The number of anilines is 1. The molecule has 1 unspecified atom stereocenters. The molecule has 174 valence electrons. The van der Waals surface area contributed by atoms with Crippen molar-refractivity contribution in [2.75, 3.05) is 19.0 Å². The number of thiazole rings is 1. The number of nitrogens with one attached hydrogen (secondary N) is 1. The summed E-state index contributed by atoms with van der Waals surface area (Å²) in [6, 6.07) is 17.5. The number of carbonyl (C=O) groups is 2. The van der Waals surface area contributed by atoms with E-state index in [1.165, 1.54) is 11.3 Å². The van der Waals surface area contributed by atoms with E-state index < -0.39 is 0 Å². The van der Waals surface area contributed by atoms with Crippen LogP contribution in [0.3, 0.4) is 0 Å². The van der Waals surface area contributed by atoms with Gasteiger partial charge < -0.3 is 19.0 Å². The molecule has 1 aliphatic rings. The van der Waals surface area contributed by atoms with Crippen molar-refractivity contribution in [3.8, 4) is 29.1 Å². The molecule has 1 N–H and O–H groups in total. The van der Waals surface area contributed by atoms with E-state index in [1.54, 1.807) is 43.5 Å². The average molecular weight is 486 g/mol. The molecule has 0 bridgehead atoms. The zero-order valence-electron chi connectivity index (χ0n) is 18.6. The summed E-state index contributed by atoms with van der Waals surface area (Å²) in [5.41, 5.74) is 2.19. The van der Waals surface area contributed by atoms with Crippen molar-refractivity contribution in [3.63, 3.8) is 0 Å².